The van der Waals surface area contributed by atoms with Crippen molar-refractivity contribution in [2.24, 2.45) is 5.41 Å². The highest BCUT2D eigenvalue weighted by Gasteiger charge is 2.29. The number of likely N-dealkylation sites (N-methyl/N-ethyl adjacent to an activating group) is 1. The third-order valence-electron chi connectivity index (χ3n) is 3.77. The maximum Gasteiger partial charge on any atom is 0.0621 e. The Morgan fingerprint density at radius 2 is 2.12 bits per heavy atom. The molecular formula is C14H27N3. The van der Waals surface area contributed by atoms with Crippen molar-refractivity contribution in [2.45, 2.75) is 58.5 Å². The molecule has 0 aromatic heterocycles. The summed E-state index contributed by atoms with van der Waals surface area (Å²) in [6.07, 6.45) is 4.37. The number of hydrogen-bond acceptors (Lipinski definition) is 3. The standard InChI is InChI=1S/C14H27N3/c1-12(17(4)13-6-7-13)10-16-11-14(2,3)8-5-9-15/h12-13,16H,5-8,10-11H2,1-4H3. The summed E-state index contributed by atoms with van der Waals surface area (Å²) < 4.78 is 0. The number of hydrogen-bond donors (Lipinski definition) is 1. The number of nitrogens with one attached hydrogen (secondary N) is 1. The summed E-state index contributed by atoms with van der Waals surface area (Å²) in [7, 11) is 2.23. The molecule has 1 rings (SSSR count). The second kappa shape index (κ2) is 6.37. The van der Waals surface area contributed by atoms with Gasteiger partial charge in [0.15, 0.2) is 0 Å². The third-order valence-corrected chi connectivity index (χ3v) is 3.77. The molecule has 0 heterocycles. The molecule has 1 atom stereocenters. The average Bonchev–Trinajstić information content (AvgIpc) is 3.09. The lowest BCUT2D eigenvalue weighted by atomic mass is 9.88. The van der Waals surface area contributed by atoms with E-state index in [1.165, 1.54) is 12.8 Å². The normalized spacial score (nSPS) is 18.1. The van der Waals surface area contributed by atoms with Gasteiger partial charge in [-0.25, -0.2) is 0 Å². The largest absolute Gasteiger partial charge is 0.315 e. The molecule has 17 heavy (non-hydrogen) atoms. The van der Waals surface area contributed by atoms with E-state index in [0.717, 1.165) is 25.6 Å². The van der Waals surface area contributed by atoms with E-state index in [1.807, 2.05) is 0 Å². The predicted octanol–water partition coefficient (Wildman–Crippen LogP) is 2.39. The van der Waals surface area contributed by atoms with Crippen molar-refractivity contribution >= 4 is 0 Å². The maximum absolute atomic E-state index is 8.61. The Labute approximate surface area is 106 Å². The lowest BCUT2D eigenvalue weighted by molar-refractivity contribution is 0.228. The topological polar surface area (TPSA) is 39.1 Å². The van der Waals surface area contributed by atoms with Gasteiger partial charge in [-0.3, -0.25) is 4.90 Å². The Morgan fingerprint density at radius 3 is 2.65 bits per heavy atom. The van der Waals surface area contributed by atoms with Gasteiger partial charge in [0.25, 0.3) is 0 Å². The highest BCUT2D eigenvalue weighted by Crippen LogP contribution is 2.26. The van der Waals surface area contributed by atoms with E-state index in [-0.39, 0.29) is 5.41 Å². The van der Waals surface area contributed by atoms with Gasteiger partial charge in [0, 0.05) is 31.6 Å². The van der Waals surface area contributed by atoms with Gasteiger partial charge in [0.1, 0.15) is 0 Å². The Balaban J connectivity index is 2.15. The number of nitrogens with zero attached hydrogens (tertiary/aromatic N) is 2. The number of nitriles is 1. The van der Waals surface area contributed by atoms with Gasteiger partial charge in [0.2, 0.25) is 0 Å². The second-order valence-corrected chi connectivity index (χ2v) is 6.20. The van der Waals surface area contributed by atoms with Gasteiger partial charge < -0.3 is 5.32 Å². The molecule has 98 valence electrons. The van der Waals surface area contributed by atoms with Crippen LogP contribution in [-0.2, 0) is 0 Å². The van der Waals surface area contributed by atoms with Crippen LogP contribution in [0.15, 0.2) is 0 Å². The van der Waals surface area contributed by atoms with Gasteiger partial charge in [-0.2, -0.15) is 5.26 Å². The Hall–Kier alpha value is -0.590. The van der Waals surface area contributed by atoms with Crippen LogP contribution in [0.2, 0.25) is 0 Å². The Kier molecular flexibility index (Phi) is 5.42. The first-order valence-electron chi connectivity index (χ1n) is 6.76. The van der Waals surface area contributed by atoms with Crippen LogP contribution in [0.25, 0.3) is 0 Å². The fraction of sp³-hybridized carbons (Fsp3) is 0.929. The van der Waals surface area contributed by atoms with E-state index in [0.29, 0.717) is 12.5 Å². The van der Waals surface area contributed by atoms with Crippen molar-refractivity contribution in [1.29, 1.82) is 5.26 Å². The molecule has 1 aliphatic rings. The van der Waals surface area contributed by atoms with Crippen molar-refractivity contribution < 1.29 is 0 Å². The average molecular weight is 237 g/mol. The molecule has 0 spiro atoms. The summed E-state index contributed by atoms with van der Waals surface area (Å²) in [6, 6.07) is 3.67. The minimum Gasteiger partial charge on any atom is -0.315 e. The monoisotopic (exact) mass is 237 g/mol. The smallest absolute Gasteiger partial charge is 0.0621 e. The minimum absolute atomic E-state index is 0.230. The molecule has 0 aliphatic heterocycles. The Morgan fingerprint density at radius 1 is 1.47 bits per heavy atom. The van der Waals surface area contributed by atoms with E-state index in [1.54, 1.807) is 0 Å². The van der Waals surface area contributed by atoms with Crippen LogP contribution in [0.3, 0.4) is 0 Å². The van der Waals surface area contributed by atoms with Crippen LogP contribution >= 0.6 is 0 Å². The molecule has 3 nitrogen and oxygen atoms in total. The van der Waals surface area contributed by atoms with Gasteiger partial charge in [-0.05, 0) is 38.6 Å². The fourth-order valence-electron chi connectivity index (χ4n) is 2.09. The maximum atomic E-state index is 8.61. The predicted molar refractivity (Wildman–Crippen MR) is 71.7 cm³/mol. The van der Waals surface area contributed by atoms with Crippen molar-refractivity contribution in [3.63, 3.8) is 0 Å². The molecular weight excluding hydrogens is 210 g/mol. The van der Waals surface area contributed by atoms with E-state index >= 15 is 0 Å². The lowest BCUT2D eigenvalue weighted by Gasteiger charge is -2.28. The SMILES string of the molecule is CC(CNCC(C)(C)CCC#N)N(C)C1CC1. The first kappa shape index (κ1) is 14.5. The fourth-order valence-corrected chi connectivity index (χ4v) is 2.09. The highest BCUT2D eigenvalue weighted by molar-refractivity contribution is 4.86. The minimum atomic E-state index is 0.230. The lowest BCUT2D eigenvalue weighted by Crippen LogP contribution is -2.41. The van der Waals surface area contributed by atoms with E-state index < -0.39 is 0 Å². The molecule has 0 aromatic carbocycles. The highest BCUT2D eigenvalue weighted by atomic mass is 15.2. The van der Waals surface area contributed by atoms with Gasteiger partial charge in [-0.15, -0.1) is 0 Å². The molecule has 0 bridgehead atoms. The molecule has 1 unspecified atom stereocenters. The van der Waals surface area contributed by atoms with Crippen LogP contribution in [0.1, 0.15) is 46.5 Å². The van der Waals surface area contributed by atoms with Crippen molar-refractivity contribution in [2.75, 3.05) is 20.1 Å². The third kappa shape index (κ3) is 5.52. The van der Waals surface area contributed by atoms with Crippen LogP contribution in [0.4, 0.5) is 0 Å². The summed E-state index contributed by atoms with van der Waals surface area (Å²) in [4.78, 5) is 2.48. The van der Waals surface area contributed by atoms with Crippen LogP contribution in [0, 0.1) is 16.7 Å². The molecule has 1 fully saturated rings. The summed E-state index contributed by atoms with van der Waals surface area (Å²) in [5.41, 5.74) is 0.230. The summed E-state index contributed by atoms with van der Waals surface area (Å²) in [6.45, 7) is 8.79. The number of rotatable bonds is 8. The molecule has 1 saturated carbocycles. The van der Waals surface area contributed by atoms with Crippen molar-refractivity contribution in [3.8, 4) is 6.07 Å². The first-order valence-corrected chi connectivity index (χ1v) is 6.76. The second-order valence-electron chi connectivity index (χ2n) is 6.20. The van der Waals surface area contributed by atoms with E-state index in [4.69, 9.17) is 5.26 Å². The molecule has 0 saturated heterocycles. The zero-order valence-corrected chi connectivity index (χ0v) is 11.8. The first-order chi connectivity index (χ1) is 7.96. The molecule has 0 amide bonds. The Bertz CT molecular complexity index is 263. The summed E-state index contributed by atoms with van der Waals surface area (Å²) in [5.74, 6) is 0. The zero-order chi connectivity index (χ0) is 12.9. The molecule has 0 radical (unpaired) electrons. The quantitative estimate of drug-likeness (QED) is 0.704. The van der Waals surface area contributed by atoms with Crippen molar-refractivity contribution in [1.82, 2.24) is 10.2 Å². The summed E-state index contributed by atoms with van der Waals surface area (Å²) in [5, 5.41) is 12.2. The molecule has 1 aliphatic carbocycles. The summed E-state index contributed by atoms with van der Waals surface area (Å²) >= 11 is 0. The van der Waals surface area contributed by atoms with Crippen LogP contribution < -0.4 is 5.32 Å². The van der Waals surface area contributed by atoms with E-state index in [2.05, 4.69) is 44.1 Å². The molecule has 0 aromatic rings. The van der Waals surface area contributed by atoms with Gasteiger partial charge in [-0.1, -0.05) is 13.8 Å². The van der Waals surface area contributed by atoms with Crippen LogP contribution in [0.5, 0.6) is 0 Å². The molecule has 3 heteroatoms. The zero-order valence-electron chi connectivity index (χ0n) is 11.8. The van der Waals surface area contributed by atoms with Crippen LogP contribution in [-0.4, -0.2) is 37.1 Å². The van der Waals surface area contributed by atoms with E-state index in [9.17, 15) is 0 Å². The van der Waals surface area contributed by atoms with Gasteiger partial charge >= 0.3 is 0 Å². The van der Waals surface area contributed by atoms with Crippen molar-refractivity contribution in [3.05, 3.63) is 0 Å². The van der Waals surface area contributed by atoms with Gasteiger partial charge in [0.05, 0.1) is 6.07 Å². The molecule has 1 N–H and O–H groups in total.